The van der Waals surface area contributed by atoms with Gasteiger partial charge in [-0.25, -0.2) is 0 Å². The smallest absolute Gasteiger partial charge is 0.0679 e. The van der Waals surface area contributed by atoms with Crippen LogP contribution in [0.25, 0.3) is 16.5 Å². The van der Waals surface area contributed by atoms with Crippen molar-refractivity contribution in [1.29, 1.82) is 0 Å². The molecular formula is C15H20N2. The van der Waals surface area contributed by atoms with Crippen molar-refractivity contribution >= 4 is 16.5 Å². The molecular weight excluding hydrogens is 208 g/mol. The Morgan fingerprint density at radius 1 is 1.35 bits per heavy atom. The Balaban J connectivity index is 2.43. The van der Waals surface area contributed by atoms with E-state index in [2.05, 4.69) is 43.2 Å². The number of benzene rings is 1. The molecule has 0 unspecified atom stereocenters. The van der Waals surface area contributed by atoms with Gasteiger partial charge in [-0.2, -0.15) is 5.10 Å². The predicted octanol–water partition coefficient (Wildman–Crippen LogP) is 4.17. The molecule has 2 nitrogen and oxygen atoms in total. The van der Waals surface area contributed by atoms with Crippen LogP contribution in [-0.4, -0.2) is 9.78 Å². The summed E-state index contributed by atoms with van der Waals surface area (Å²) in [6, 6.07) is 6.62. The van der Waals surface area contributed by atoms with Crippen molar-refractivity contribution in [2.75, 3.05) is 0 Å². The van der Waals surface area contributed by atoms with Crippen LogP contribution < -0.4 is 0 Å². The third-order valence-electron chi connectivity index (χ3n) is 3.09. The number of fused-ring (bicyclic) bond motifs is 1. The van der Waals surface area contributed by atoms with E-state index in [1.165, 1.54) is 28.5 Å². The average molecular weight is 228 g/mol. The van der Waals surface area contributed by atoms with Crippen LogP contribution in [0.2, 0.25) is 0 Å². The second-order valence-corrected chi connectivity index (χ2v) is 4.43. The summed E-state index contributed by atoms with van der Waals surface area (Å²) in [6.07, 6.45) is 7.71. The van der Waals surface area contributed by atoms with Gasteiger partial charge in [0.05, 0.1) is 11.7 Å². The SMILES string of the molecule is CC/C=C(\CCC)c1ccc2c(cnn2C)c1. The molecule has 0 N–H and O–H groups in total. The first-order valence-corrected chi connectivity index (χ1v) is 6.37. The molecule has 0 spiro atoms. The van der Waals surface area contributed by atoms with Crippen molar-refractivity contribution in [3.05, 3.63) is 36.0 Å². The van der Waals surface area contributed by atoms with Gasteiger partial charge in [-0.1, -0.05) is 32.4 Å². The molecule has 90 valence electrons. The minimum absolute atomic E-state index is 1.10. The molecule has 0 atom stereocenters. The molecule has 2 heteroatoms. The van der Waals surface area contributed by atoms with Crippen molar-refractivity contribution in [3.8, 4) is 0 Å². The van der Waals surface area contributed by atoms with Gasteiger partial charge in [0.25, 0.3) is 0 Å². The maximum Gasteiger partial charge on any atom is 0.0679 e. The molecule has 2 rings (SSSR count). The quantitative estimate of drug-likeness (QED) is 0.768. The van der Waals surface area contributed by atoms with E-state index in [9.17, 15) is 0 Å². The summed E-state index contributed by atoms with van der Waals surface area (Å²) < 4.78 is 1.92. The van der Waals surface area contributed by atoms with Gasteiger partial charge in [0.15, 0.2) is 0 Å². The van der Waals surface area contributed by atoms with Crippen molar-refractivity contribution in [3.63, 3.8) is 0 Å². The number of allylic oxidation sites excluding steroid dienone is 2. The minimum Gasteiger partial charge on any atom is -0.268 e. The standard InChI is InChI=1S/C15H20N2/c1-4-6-12(7-5-2)13-8-9-15-14(10-13)11-16-17(15)3/h6,8-11H,4-5,7H2,1-3H3/b12-6+. The van der Waals surface area contributed by atoms with E-state index < -0.39 is 0 Å². The monoisotopic (exact) mass is 228 g/mol. The topological polar surface area (TPSA) is 17.8 Å². The molecule has 0 radical (unpaired) electrons. The molecule has 17 heavy (non-hydrogen) atoms. The first-order chi connectivity index (χ1) is 8.26. The van der Waals surface area contributed by atoms with Crippen molar-refractivity contribution in [2.45, 2.75) is 33.1 Å². The summed E-state index contributed by atoms with van der Waals surface area (Å²) in [6.45, 7) is 4.42. The Morgan fingerprint density at radius 2 is 2.18 bits per heavy atom. The molecule has 0 aliphatic carbocycles. The fourth-order valence-electron chi connectivity index (χ4n) is 2.24. The van der Waals surface area contributed by atoms with Crippen molar-refractivity contribution in [2.24, 2.45) is 7.05 Å². The summed E-state index contributed by atoms with van der Waals surface area (Å²) >= 11 is 0. The fourth-order valence-corrected chi connectivity index (χ4v) is 2.24. The highest BCUT2D eigenvalue weighted by Crippen LogP contribution is 2.24. The number of rotatable bonds is 4. The van der Waals surface area contributed by atoms with E-state index in [1.54, 1.807) is 0 Å². The third-order valence-corrected chi connectivity index (χ3v) is 3.09. The van der Waals surface area contributed by atoms with Crippen LogP contribution in [0.1, 0.15) is 38.7 Å². The van der Waals surface area contributed by atoms with Crippen LogP contribution >= 0.6 is 0 Å². The van der Waals surface area contributed by atoms with Crippen LogP contribution in [0, 0.1) is 0 Å². The molecule has 1 aromatic heterocycles. The lowest BCUT2D eigenvalue weighted by molar-refractivity contribution is 0.797. The minimum atomic E-state index is 1.10. The van der Waals surface area contributed by atoms with E-state index >= 15 is 0 Å². The van der Waals surface area contributed by atoms with Gasteiger partial charge < -0.3 is 0 Å². The van der Waals surface area contributed by atoms with Crippen molar-refractivity contribution in [1.82, 2.24) is 9.78 Å². The van der Waals surface area contributed by atoms with Gasteiger partial charge in [-0.3, -0.25) is 4.68 Å². The van der Waals surface area contributed by atoms with E-state index in [4.69, 9.17) is 0 Å². The lowest BCUT2D eigenvalue weighted by Crippen LogP contribution is -1.89. The largest absolute Gasteiger partial charge is 0.268 e. The zero-order chi connectivity index (χ0) is 12.3. The molecule has 0 amide bonds. The number of nitrogens with zero attached hydrogens (tertiary/aromatic N) is 2. The highest BCUT2D eigenvalue weighted by atomic mass is 15.2. The maximum absolute atomic E-state index is 4.29. The lowest BCUT2D eigenvalue weighted by atomic mass is 9.99. The summed E-state index contributed by atoms with van der Waals surface area (Å²) in [5.74, 6) is 0. The van der Waals surface area contributed by atoms with Gasteiger partial charge >= 0.3 is 0 Å². The molecule has 0 saturated carbocycles. The fraction of sp³-hybridized carbons (Fsp3) is 0.400. The van der Waals surface area contributed by atoms with E-state index in [0.29, 0.717) is 0 Å². The average Bonchev–Trinajstić information content (AvgIpc) is 2.70. The van der Waals surface area contributed by atoms with Gasteiger partial charge in [-0.15, -0.1) is 0 Å². The summed E-state index contributed by atoms with van der Waals surface area (Å²) in [5.41, 5.74) is 4.00. The van der Waals surface area contributed by atoms with Crippen LogP contribution in [0.4, 0.5) is 0 Å². The van der Waals surface area contributed by atoms with E-state index in [0.717, 1.165) is 12.8 Å². The zero-order valence-corrected chi connectivity index (χ0v) is 10.9. The molecule has 1 heterocycles. The van der Waals surface area contributed by atoms with Crippen LogP contribution in [0.15, 0.2) is 30.5 Å². The second-order valence-electron chi connectivity index (χ2n) is 4.43. The summed E-state index contributed by atoms with van der Waals surface area (Å²) in [4.78, 5) is 0. The number of hydrogen-bond acceptors (Lipinski definition) is 1. The molecule has 0 fully saturated rings. The Labute approximate surface area is 103 Å². The maximum atomic E-state index is 4.29. The summed E-state index contributed by atoms with van der Waals surface area (Å²) in [5, 5.41) is 5.51. The van der Waals surface area contributed by atoms with Crippen LogP contribution in [0.5, 0.6) is 0 Å². The van der Waals surface area contributed by atoms with E-state index in [1.807, 2.05) is 17.9 Å². The molecule has 0 aliphatic heterocycles. The normalized spacial score (nSPS) is 12.3. The second kappa shape index (κ2) is 5.17. The summed E-state index contributed by atoms with van der Waals surface area (Å²) in [7, 11) is 1.98. The van der Waals surface area contributed by atoms with Crippen LogP contribution in [-0.2, 0) is 7.05 Å². The first kappa shape index (κ1) is 11.9. The molecule has 0 aliphatic rings. The number of hydrogen-bond donors (Lipinski definition) is 0. The predicted molar refractivity (Wildman–Crippen MR) is 73.9 cm³/mol. The zero-order valence-electron chi connectivity index (χ0n) is 10.9. The Kier molecular flexibility index (Phi) is 3.62. The first-order valence-electron chi connectivity index (χ1n) is 6.37. The number of aryl methyl sites for hydroxylation is 1. The molecule has 0 saturated heterocycles. The van der Waals surface area contributed by atoms with Crippen LogP contribution in [0.3, 0.4) is 0 Å². The molecule has 2 aromatic rings. The van der Waals surface area contributed by atoms with Gasteiger partial charge in [0, 0.05) is 12.4 Å². The molecule has 1 aromatic carbocycles. The van der Waals surface area contributed by atoms with Gasteiger partial charge in [-0.05, 0) is 36.1 Å². The van der Waals surface area contributed by atoms with E-state index in [-0.39, 0.29) is 0 Å². The third kappa shape index (κ3) is 2.41. The van der Waals surface area contributed by atoms with Gasteiger partial charge in [0.1, 0.15) is 0 Å². The van der Waals surface area contributed by atoms with Gasteiger partial charge in [0.2, 0.25) is 0 Å². The molecule has 0 bridgehead atoms. The highest BCUT2D eigenvalue weighted by molar-refractivity contribution is 5.83. The Hall–Kier alpha value is -1.57. The number of aromatic nitrogens is 2. The lowest BCUT2D eigenvalue weighted by Gasteiger charge is -2.07. The highest BCUT2D eigenvalue weighted by Gasteiger charge is 2.04. The Bertz CT molecular complexity index is 535. The van der Waals surface area contributed by atoms with Crippen molar-refractivity contribution < 1.29 is 0 Å². The Morgan fingerprint density at radius 3 is 2.88 bits per heavy atom.